The summed E-state index contributed by atoms with van der Waals surface area (Å²) in [5, 5.41) is 10.5. The van der Waals surface area contributed by atoms with Crippen LogP contribution < -0.4 is 0 Å². The molecule has 0 radical (unpaired) electrons. The van der Waals surface area contributed by atoms with Crippen LogP contribution in [0.15, 0.2) is 36.4 Å². The van der Waals surface area contributed by atoms with Crippen molar-refractivity contribution in [2.24, 2.45) is 5.92 Å². The molecule has 1 rings (SSSR count). The largest absolute Gasteiger partial charge is 0.392 e. The van der Waals surface area contributed by atoms with E-state index in [-0.39, 0.29) is 19.1 Å². The van der Waals surface area contributed by atoms with Crippen molar-refractivity contribution in [3.8, 4) is 0 Å². The molecule has 2 unspecified atom stereocenters. The molecule has 5 heteroatoms. The van der Waals surface area contributed by atoms with Crippen molar-refractivity contribution in [2.45, 2.75) is 39.5 Å². The maximum Gasteiger partial charge on any atom is 0.340 e. The minimum absolute atomic E-state index is 0.0559. The van der Waals surface area contributed by atoms with Crippen molar-refractivity contribution in [1.29, 1.82) is 0 Å². The number of hydrogen-bond acceptors (Lipinski definition) is 4. The van der Waals surface area contributed by atoms with E-state index in [1.165, 1.54) is 0 Å². The van der Waals surface area contributed by atoms with Gasteiger partial charge >= 0.3 is 7.60 Å². The number of hydrogen-bond donors (Lipinski definition) is 1. The Balaban J connectivity index is 3.11. The molecule has 0 fully saturated rings. The maximum absolute atomic E-state index is 13.0. The first-order valence-electron chi connectivity index (χ1n) is 7.74. The van der Waals surface area contributed by atoms with Gasteiger partial charge in [-0.05, 0) is 25.3 Å². The molecule has 0 aliphatic rings. The molecule has 1 aromatic rings. The lowest BCUT2D eigenvalue weighted by Gasteiger charge is -2.29. The Bertz CT molecular complexity index is 489. The van der Waals surface area contributed by atoms with Crippen LogP contribution in [0.1, 0.15) is 33.3 Å². The maximum atomic E-state index is 13.0. The Morgan fingerprint density at radius 2 is 1.68 bits per heavy atom. The van der Waals surface area contributed by atoms with E-state index in [2.05, 4.69) is 0 Å². The first-order chi connectivity index (χ1) is 10.4. The molecule has 124 valence electrons. The highest BCUT2D eigenvalue weighted by atomic mass is 31.2. The van der Waals surface area contributed by atoms with Crippen LogP contribution in [0.25, 0.3) is 6.08 Å². The summed E-state index contributed by atoms with van der Waals surface area (Å²) in [4.78, 5) is 0. The summed E-state index contributed by atoms with van der Waals surface area (Å²) in [5.74, 6) is -0.0559. The van der Waals surface area contributed by atoms with Gasteiger partial charge in [0.1, 0.15) is 5.66 Å². The predicted molar refractivity (Wildman–Crippen MR) is 91.0 cm³/mol. The van der Waals surface area contributed by atoms with Gasteiger partial charge in [0.05, 0.1) is 19.3 Å². The molecule has 0 aliphatic carbocycles. The lowest BCUT2D eigenvalue weighted by molar-refractivity contribution is 0.113. The molecule has 0 aliphatic heterocycles. The molecule has 0 saturated carbocycles. The Hall–Kier alpha value is -0.930. The zero-order valence-corrected chi connectivity index (χ0v) is 14.7. The van der Waals surface area contributed by atoms with Gasteiger partial charge in [0.25, 0.3) is 0 Å². The van der Waals surface area contributed by atoms with Gasteiger partial charge in [-0.15, -0.1) is 0 Å². The molecule has 0 saturated heterocycles. The highest BCUT2D eigenvalue weighted by Crippen LogP contribution is 2.55. The van der Waals surface area contributed by atoms with Crippen LogP contribution in [-0.4, -0.2) is 30.1 Å². The lowest BCUT2D eigenvalue weighted by atomic mass is 10.0. The van der Waals surface area contributed by atoms with Crippen LogP contribution in [0, 0.1) is 5.92 Å². The van der Waals surface area contributed by atoms with Gasteiger partial charge in [-0.2, -0.15) is 0 Å². The summed E-state index contributed by atoms with van der Waals surface area (Å²) in [7, 11) is -3.41. The van der Waals surface area contributed by atoms with E-state index in [0.29, 0.717) is 0 Å². The van der Waals surface area contributed by atoms with Crippen LogP contribution in [0.5, 0.6) is 0 Å². The molecule has 1 aromatic carbocycles. The molecule has 0 heterocycles. The first kappa shape index (κ1) is 19.1. The summed E-state index contributed by atoms with van der Waals surface area (Å²) < 4.78 is 23.9. The van der Waals surface area contributed by atoms with Crippen LogP contribution in [0.4, 0.5) is 0 Å². The summed E-state index contributed by atoms with van der Waals surface area (Å²) >= 11 is 0. The standard InChI is InChI=1S/C17H27O4P/c1-5-20-22(19,21-6-2)16(17(18)14(3)4)13-12-15-10-8-7-9-11-15/h7-14,16-18H,5-6H2,1-4H3/b13-12+. The fraction of sp³-hybridized carbons (Fsp3) is 0.529. The summed E-state index contributed by atoms with van der Waals surface area (Å²) in [6.07, 6.45) is 2.79. The Morgan fingerprint density at radius 3 is 2.14 bits per heavy atom. The fourth-order valence-corrected chi connectivity index (χ4v) is 4.30. The van der Waals surface area contributed by atoms with Gasteiger partial charge < -0.3 is 14.2 Å². The second kappa shape index (κ2) is 9.26. The molecule has 22 heavy (non-hydrogen) atoms. The zero-order valence-electron chi connectivity index (χ0n) is 13.8. The zero-order chi connectivity index (χ0) is 16.6. The monoisotopic (exact) mass is 326 g/mol. The highest BCUT2D eigenvalue weighted by Gasteiger charge is 2.39. The van der Waals surface area contributed by atoms with Gasteiger partial charge in [-0.1, -0.05) is 56.3 Å². The summed E-state index contributed by atoms with van der Waals surface area (Å²) in [6, 6.07) is 9.68. The Morgan fingerprint density at radius 1 is 1.14 bits per heavy atom. The van der Waals surface area contributed by atoms with Crippen molar-refractivity contribution in [2.75, 3.05) is 13.2 Å². The molecule has 4 nitrogen and oxygen atoms in total. The minimum Gasteiger partial charge on any atom is -0.392 e. The molecule has 0 spiro atoms. The van der Waals surface area contributed by atoms with Crippen molar-refractivity contribution in [1.82, 2.24) is 0 Å². The molecule has 0 amide bonds. The average molecular weight is 326 g/mol. The third-order valence-electron chi connectivity index (χ3n) is 3.30. The number of aliphatic hydroxyl groups excluding tert-OH is 1. The topological polar surface area (TPSA) is 55.8 Å². The van der Waals surface area contributed by atoms with E-state index >= 15 is 0 Å². The smallest absolute Gasteiger partial charge is 0.340 e. The predicted octanol–water partition coefficient (Wildman–Crippen LogP) is 4.35. The van der Waals surface area contributed by atoms with Gasteiger partial charge in [-0.25, -0.2) is 0 Å². The van der Waals surface area contributed by atoms with Crippen LogP contribution in [0.2, 0.25) is 0 Å². The van der Waals surface area contributed by atoms with Crippen molar-refractivity contribution in [3.05, 3.63) is 42.0 Å². The second-order valence-corrected chi connectivity index (χ2v) is 7.56. The molecule has 2 atom stereocenters. The second-order valence-electron chi connectivity index (χ2n) is 5.37. The summed E-state index contributed by atoms with van der Waals surface area (Å²) in [6.45, 7) is 7.86. The van der Waals surface area contributed by atoms with Crippen molar-refractivity contribution < 1.29 is 18.7 Å². The van der Waals surface area contributed by atoms with Gasteiger partial charge in [0, 0.05) is 0 Å². The summed E-state index contributed by atoms with van der Waals surface area (Å²) in [5.41, 5.74) is 0.288. The minimum atomic E-state index is -3.41. The molecular formula is C17H27O4P. The SMILES string of the molecule is CCOP(=O)(OCC)C(/C=C/c1ccccc1)C(O)C(C)C. The van der Waals surface area contributed by atoms with Crippen LogP contribution in [-0.2, 0) is 13.6 Å². The van der Waals surface area contributed by atoms with E-state index in [4.69, 9.17) is 9.05 Å². The Kier molecular flexibility index (Phi) is 8.05. The van der Waals surface area contributed by atoms with Crippen LogP contribution in [0.3, 0.4) is 0 Å². The van der Waals surface area contributed by atoms with E-state index in [0.717, 1.165) is 5.56 Å². The third kappa shape index (κ3) is 5.36. The molecular weight excluding hydrogens is 299 g/mol. The van der Waals surface area contributed by atoms with Crippen molar-refractivity contribution in [3.63, 3.8) is 0 Å². The van der Waals surface area contributed by atoms with E-state index in [9.17, 15) is 9.67 Å². The van der Waals surface area contributed by atoms with Gasteiger partial charge in [0.2, 0.25) is 0 Å². The first-order valence-corrected chi connectivity index (χ1v) is 9.35. The molecule has 0 aromatic heterocycles. The quantitative estimate of drug-likeness (QED) is 0.685. The van der Waals surface area contributed by atoms with E-state index in [1.54, 1.807) is 19.9 Å². The average Bonchev–Trinajstić information content (AvgIpc) is 2.48. The van der Waals surface area contributed by atoms with Crippen LogP contribution >= 0.6 is 7.60 Å². The van der Waals surface area contributed by atoms with Gasteiger partial charge in [0.15, 0.2) is 0 Å². The fourth-order valence-electron chi connectivity index (χ4n) is 2.14. The van der Waals surface area contributed by atoms with E-state index in [1.807, 2.05) is 50.3 Å². The molecule has 1 N–H and O–H groups in total. The molecule has 0 bridgehead atoms. The number of aliphatic hydroxyl groups is 1. The number of rotatable bonds is 9. The third-order valence-corrected chi connectivity index (χ3v) is 5.75. The lowest BCUT2D eigenvalue weighted by Crippen LogP contribution is -2.31. The number of benzene rings is 1. The normalized spacial score (nSPS) is 15.4. The highest BCUT2D eigenvalue weighted by molar-refractivity contribution is 7.55. The van der Waals surface area contributed by atoms with Gasteiger partial charge in [-0.3, -0.25) is 4.57 Å². The van der Waals surface area contributed by atoms with E-state index < -0.39 is 19.4 Å². The Labute approximate surface area is 133 Å². The van der Waals surface area contributed by atoms with Crippen molar-refractivity contribution >= 4 is 13.7 Å².